The number of carbonyl (C=O) groups excluding carboxylic acids is 1. The van der Waals surface area contributed by atoms with Crippen molar-refractivity contribution in [1.82, 2.24) is 0 Å². The van der Waals surface area contributed by atoms with E-state index in [1.165, 1.54) is 12.1 Å². The van der Waals surface area contributed by atoms with Crippen molar-refractivity contribution >= 4 is 23.4 Å². The molecule has 9 heteroatoms. The van der Waals surface area contributed by atoms with E-state index < -0.39 is 17.0 Å². The van der Waals surface area contributed by atoms with Gasteiger partial charge in [-0.05, 0) is 6.07 Å². The maximum Gasteiger partial charge on any atom is 0.404 e. The van der Waals surface area contributed by atoms with Crippen LogP contribution in [0.3, 0.4) is 0 Å². The molecule has 0 atom stereocenters. The Kier molecular flexibility index (Phi) is 4.63. The van der Waals surface area contributed by atoms with Crippen molar-refractivity contribution in [1.29, 1.82) is 0 Å². The fourth-order valence-electron chi connectivity index (χ4n) is 1.31. The third kappa shape index (κ3) is 4.15. The van der Waals surface area contributed by atoms with Crippen LogP contribution in [0.1, 0.15) is 10.4 Å². The Morgan fingerprint density at radius 3 is 2.68 bits per heavy atom. The van der Waals surface area contributed by atoms with Gasteiger partial charge in [-0.15, -0.1) is 0 Å². The third-order valence-electron chi connectivity index (χ3n) is 2.11. The molecular formula is C10H11N3O6. The minimum atomic E-state index is -1.30. The van der Waals surface area contributed by atoms with Gasteiger partial charge in [-0.1, -0.05) is 0 Å². The number of nitro benzene ring substituents is 1. The first-order valence-corrected chi connectivity index (χ1v) is 5.09. The molecule has 4 N–H and O–H groups in total. The van der Waals surface area contributed by atoms with Gasteiger partial charge in [0.15, 0.2) is 0 Å². The summed E-state index contributed by atoms with van der Waals surface area (Å²) in [7, 11) is 0. The van der Waals surface area contributed by atoms with E-state index in [9.17, 15) is 19.7 Å². The molecule has 0 radical (unpaired) electrons. The van der Waals surface area contributed by atoms with Gasteiger partial charge in [0.1, 0.15) is 6.61 Å². The van der Waals surface area contributed by atoms with Crippen LogP contribution in [0.4, 0.5) is 16.2 Å². The van der Waals surface area contributed by atoms with Crippen molar-refractivity contribution in [3.05, 3.63) is 33.9 Å². The van der Waals surface area contributed by atoms with Crippen molar-refractivity contribution in [2.75, 3.05) is 18.5 Å². The molecule has 0 unspecified atom stereocenters. The molecule has 102 valence electrons. The molecule has 0 fully saturated rings. The van der Waals surface area contributed by atoms with Gasteiger partial charge in [-0.2, -0.15) is 0 Å². The number of aromatic carboxylic acids is 1. The summed E-state index contributed by atoms with van der Waals surface area (Å²) in [4.78, 5) is 31.1. The van der Waals surface area contributed by atoms with Gasteiger partial charge in [0.2, 0.25) is 0 Å². The van der Waals surface area contributed by atoms with Crippen LogP contribution in [0.5, 0.6) is 0 Å². The standard InChI is InChI=1S/C10H11N3O6/c11-10(16)19-4-3-12-8-2-1-6(13(17)18)5-7(8)9(14)15/h1-2,5,12H,3-4H2,(H2,11,16)(H,14,15). The number of rotatable bonds is 6. The van der Waals surface area contributed by atoms with Crippen LogP contribution >= 0.6 is 0 Å². The van der Waals surface area contributed by atoms with E-state index in [0.29, 0.717) is 0 Å². The Bertz CT molecular complexity index is 516. The summed E-state index contributed by atoms with van der Waals surface area (Å²) in [5.74, 6) is -1.30. The zero-order valence-corrected chi connectivity index (χ0v) is 9.66. The van der Waals surface area contributed by atoms with Crippen LogP contribution in [0.25, 0.3) is 0 Å². The normalized spacial score (nSPS) is 9.68. The molecule has 1 aromatic carbocycles. The minimum Gasteiger partial charge on any atom is -0.478 e. The number of nitrogens with one attached hydrogen (secondary N) is 1. The van der Waals surface area contributed by atoms with E-state index >= 15 is 0 Å². The van der Waals surface area contributed by atoms with Crippen LogP contribution in [0.15, 0.2) is 18.2 Å². The average Bonchev–Trinajstić information content (AvgIpc) is 2.34. The molecule has 0 aliphatic rings. The summed E-state index contributed by atoms with van der Waals surface area (Å²) < 4.78 is 4.45. The first kappa shape index (κ1) is 14.2. The van der Waals surface area contributed by atoms with Crippen LogP contribution in [-0.4, -0.2) is 35.2 Å². The Balaban J connectivity index is 2.79. The summed E-state index contributed by atoms with van der Waals surface area (Å²) in [5, 5.41) is 22.2. The molecule has 1 rings (SSSR count). The molecule has 0 aliphatic carbocycles. The Labute approximate surface area is 107 Å². The summed E-state index contributed by atoms with van der Waals surface area (Å²) in [5.41, 5.74) is 4.37. The minimum absolute atomic E-state index is 0.0502. The highest BCUT2D eigenvalue weighted by molar-refractivity contribution is 5.95. The molecule has 0 aliphatic heterocycles. The van der Waals surface area contributed by atoms with Crippen LogP contribution in [-0.2, 0) is 4.74 Å². The predicted octanol–water partition coefficient (Wildman–Crippen LogP) is 0.800. The van der Waals surface area contributed by atoms with E-state index in [2.05, 4.69) is 10.1 Å². The lowest BCUT2D eigenvalue weighted by Crippen LogP contribution is -2.19. The maximum absolute atomic E-state index is 11.0. The molecule has 0 bridgehead atoms. The Hall–Kier alpha value is -2.84. The monoisotopic (exact) mass is 269 g/mol. The SMILES string of the molecule is NC(=O)OCCNc1ccc([N+](=O)[O-])cc1C(=O)O. The van der Waals surface area contributed by atoms with E-state index in [-0.39, 0.29) is 30.1 Å². The number of anilines is 1. The average molecular weight is 269 g/mol. The fourth-order valence-corrected chi connectivity index (χ4v) is 1.31. The fraction of sp³-hybridized carbons (Fsp3) is 0.200. The second-order valence-electron chi connectivity index (χ2n) is 3.39. The molecule has 19 heavy (non-hydrogen) atoms. The lowest BCUT2D eigenvalue weighted by atomic mass is 10.1. The van der Waals surface area contributed by atoms with Gasteiger partial charge in [0.25, 0.3) is 5.69 Å². The van der Waals surface area contributed by atoms with Crippen LogP contribution in [0, 0.1) is 10.1 Å². The van der Waals surface area contributed by atoms with E-state index in [1.54, 1.807) is 0 Å². The number of ether oxygens (including phenoxy) is 1. The lowest BCUT2D eigenvalue weighted by molar-refractivity contribution is -0.384. The number of carbonyl (C=O) groups is 2. The van der Waals surface area contributed by atoms with E-state index in [4.69, 9.17) is 10.8 Å². The molecule has 9 nitrogen and oxygen atoms in total. The molecule has 0 spiro atoms. The highest BCUT2D eigenvalue weighted by atomic mass is 16.6. The van der Waals surface area contributed by atoms with Gasteiger partial charge in [-0.3, -0.25) is 10.1 Å². The number of benzene rings is 1. The van der Waals surface area contributed by atoms with Crippen molar-refractivity contribution in [2.24, 2.45) is 5.73 Å². The summed E-state index contributed by atoms with van der Waals surface area (Å²) in [6, 6.07) is 3.38. The first-order chi connectivity index (χ1) is 8.91. The van der Waals surface area contributed by atoms with E-state index in [1.807, 2.05) is 0 Å². The number of carboxylic acid groups (broad SMARTS) is 1. The van der Waals surface area contributed by atoms with Gasteiger partial charge >= 0.3 is 12.1 Å². The van der Waals surface area contributed by atoms with Gasteiger partial charge in [0.05, 0.1) is 10.5 Å². The second-order valence-corrected chi connectivity index (χ2v) is 3.39. The Morgan fingerprint density at radius 2 is 2.16 bits per heavy atom. The van der Waals surface area contributed by atoms with Crippen LogP contribution in [0.2, 0.25) is 0 Å². The number of nitrogens with zero attached hydrogens (tertiary/aromatic N) is 1. The molecule has 0 saturated carbocycles. The largest absolute Gasteiger partial charge is 0.478 e. The van der Waals surface area contributed by atoms with Gasteiger partial charge in [0, 0.05) is 24.4 Å². The number of nitrogens with two attached hydrogens (primary N) is 1. The number of hydrogen-bond acceptors (Lipinski definition) is 6. The maximum atomic E-state index is 11.0. The highest BCUT2D eigenvalue weighted by Gasteiger charge is 2.15. The number of carboxylic acids is 1. The predicted molar refractivity (Wildman–Crippen MR) is 64.1 cm³/mol. The van der Waals surface area contributed by atoms with Gasteiger partial charge < -0.3 is 20.9 Å². The summed E-state index contributed by atoms with van der Waals surface area (Å²) in [6.45, 7) is 0.0758. The second kappa shape index (κ2) is 6.19. The van der Waals surface area contributed by atoms with Crippen LogP contribution < -0.4 is 11.1 Å². The number of primary amides is 1. The number of nitro groups is 1. The van der Waals surface area contributed by atoms with Crippen molar-refractivity contribution < 1.29 is 24.4 Å². The highest BCUT2D eigenvalue weighted by Crippen LogP contribution is 2.21. The lowest BCUT2D eigenvalue weighted by Gasteiger charge is -2.09. The summed E-state index contributed by atoms with van der Waals surface area (Å²) in [6.07, 6.45) is -0.941. The third-order valence-corrected chi connectivity index (χ3v) is 2.11. The quantitative estimate of drug-likeness (QED) is 0.393. The summed E-state index contributed by atoms with van der Waals surface area (Å²) >= 11 is 0. The number of non-ortho nitro benzene ring substituents is 1. The molecular weight excluding hydrogens is 258 g/mol. The number of amides is 1. The molecule has 0 aromatic heterocycles. The zero-order valence-electron chi connectivity index (χ0n) is 9.66. The number of hydrogen-bond donors (Lipinski definition) is 3. The zero-order chi connectivity index (χ0) is 14.4. The van der Waals surface area contributed by atoms with Gasteiger partial charge in [-0.25, -0.2) is 9.59 Å². The molecule has 0 heterocycles. The topological polar surface area (TPSA) is 145 Å². The Morgan fingerprint density at radius 1 is 1.47 bits per heavy atom. The molecule has 1 amide bonds. The molecule has 0 saturated heterocycles. The van der Waals surface area contributed by atoms with Crippen molar-refractivity contribution in [2.45, 2.75) is 0 Å². The smallest absolute Gasteiger partial charge is 0.404 e. The van der Waals surface area contributed by atoms with Crippen molar-refractivity contribution in [3.8, 4) is 0 Å². The van der Waals surface area contributed by atoms with E-state index in [0.717, 1.165) is 6.07 Å². The first-order valence-electron chi connectivity index (χ1n) is 5.09. The molecule has 1 aromatic rings. The van der Waals surface area contributed by atoms with Crippen molar-refractivity contribution in [3.63, 3.8) is 0 Å².